The number of fused-ring (bicyclic) bond motifs is 1. The van der Waals surface area contributed by atoms with E-state index in [1.165, 1.54) is 24.8 Å². The fourth-order valence-electron chi connectivity index (χ4n) is 4.27. The molecule has 10 heteroatoms. The maximum atomic E-state index is 12.4. The molecule has 1 heterocycles. The van der Waals surface area contributed by atoms with Crippen LogP contribution in [0.2, 0.25) is 0 Å². The molecule has 0 atom stereocenters. The monoisotopic (exact) mass is 538 g/mol. The number of hydrogen-bond donors (Lipinski definition) is 3. The molecular formula is C28H30N2O7S. The van der Waals surface area contributed by atoms with Gasteiger partial charge in [-0.25, -0.2) is 13.2 Å². The number of carboxylic acid groups (broad SMARTS) is 1. The van der Waals surface area contributed by atoms with Crippen LogP contribution in [0.25, 0.3) is 22.3 Å². The van der Waals surface area contributed by atoms with Gasteiger partial charge in [-0.05, 0) is 53.9 Å². The number of nitrogens with one attached hydrogen (secondary N) is 1. The SMILES string of the molecule is COc1cc2c(C(=O)O)c(-c3ccc(Nc4ccc(C(C)C)cc4)cc3)oc2cc1N(CCO)S(C)(=O)=O. The molecule has 3 aromatic carbocycles. The van der Waals surface area contributed by atoms with Gasteiger partial charge in [-0.2, -0.15) is 0 Å². The van der Waals surface area contributed by atoms with Crippen LogP contribution in [0.5, 0.6) is 5.75 Å². The third-order valence-corrected chi connectivity index (χ3v) is 7.37. The number of furan rings is 1. The summed E-state index contributed by atoms with van der Waals surface area (Å²) < 4.78 is 37.1. The minimum atomic E-state index is -3.76. The number of aromatic carboxylic acids is 1. The molecule has 4 aromatic rings. The van der Waals surface area contributed by atoms with Crippen molar-refractivity contribution in [1.29, 1.82) is 0 Å². The second kappa shape index (κ2) is 10.8. The van der Waals surface area contributed by atoms with Crippen molar-refractivity contribution in [3.8, 4) is 17.1 Å². The highest BCUT2D eigenvalue weighted by Gasteiger charge is 2.27. The van der Waals surface area contributed by atoms with Gasteiger partial charge in [0, 0.05) is 28.4 Å². The van der Waals surface area contributed by atoms with E-state index in [-0.39, 0.29) is 40.3 Å². The molecule has 9 nitrogen and oxygen atoms in total. The first-order valence-electron chi connectivity index (χ1n) is 12.0. The quantitative estimate of drug-likeness (QED) is 0.244. The smallest absolute Gasteiger partial charge is 0.340 e. The summed E-state index contributed by atoms with van der Waals surface area (Å²) in [5.74, 6) is -0.492. The lowest BCUT2D eigenvalue weighted by Gasteiger charge is -2.23. The van der Waals surface area contributed by atoms with E-state index in [1.807, 2.05) is 24.3 Å². The molecule has 0 unspecified atom stereocenters. The Labute approximate surface area is 221 Å². The Morgan fingerprint density at radius 2 is 1.66 bits per heavy atom. The number of methoxy groups -OCH3 is 1. The first kappa shape index (κ1) is 27.0. The lowest BCUT2D eigenvalue weighted by molar-refractivity contribution is 0.0699. The highest BCUT2D eigenvalue weighted by molar-refractivity contribution is 7.92. The molecule has 4 rings (SSSR count). The van der Waals surface area contributed by atoms with Gasteiger partial charge < -0.3 is 24.7 Å². The Hall–Kier alpha value is -4.02. The number of ether oxygens (including phenoxy) is 1. The Bertz CT molecular complexity index is 1560. The molecule has 0 amide bonds. The van der Waals surface area contributed by atoms with E-state index >= 15 is 0 Å². The largest absolute Gasteiger partial charge is 0.495 e. The minimum Gasteiger partial charge on any atom is -0.495 e. The second-order valence-corrected chi connectivity index (χ2v) is 11.1. The van der Waals surface area contributed by atoms with Crippen LogP contribution in [-0.2, 0) is 10.0 Å². The first-order valence-corrected chi connectivity index (χ1v) is 13.8. The number of aliphatic hydroxyl groups excluding tert-OH is 1. The van der Waals surface area contributed by atoms with Crippen LogP contribution in [-0.4, -0.2) is 51.1 Å². The summed E-state index contributed by atoms with van der Waals surface area (Å²) in [6, 6.07) is 18.2. The topological polar surface area (TPSA) is 129 Å². The molecule has 0 aliphatic rings. The summed E-state index contributed by atoms with van der Waals surface area (Å²) in [6.07, 6.45) is 1.01. The van der Waals surface area contributed by atoms with Gasteiger partial charge in [0.05, 0.1) is 32.2 Å². The minimum absolute atomic E-state index is 0.0668. The van der Waals surface area contributed by atoms with Crippen molar-refractivity contribution in [2.24, 2.45) is 0 Å². The highest BCUT2D eigenvalue weighted by Crippen LogP contribution is 2.41. The van der Waals surface area contributed by atoms with Gasteiger partial charge in [0.2, 0.25) is 10.0 Å². The van der Waals surface area contributed by atoms with Crippen molar-refractivity contribution < 1.29 is 32.6 Å². The molecule has 3 N–H and O–H groups in total. The molecule has 0 radical (unpaired) electrons. The standard InChI is InChI=1S/C28H30N2O7S/c1-17(2)18-5-9-20(10-6-18)29-21-11-7-19(8-12-21)27-26(28(32)33)22-15-25(36-3)23(16-24(22)37-27)30(13-14-31)38(4,34)35/h5-12,15-17,29,31H,13-14H2,1-4H3,(H,32,33). The maximum Gasteiger partial charge on any atom is 0.340 e. The maximum absolute atomic E-state index is 12.4. The molecule has 0 aliphatic carbocycles. The Morgan fingerprint density at radius 3 is 2.16 bits per heavy atom. The number of hydrogen-bond acceptors (Lipinski definition) is 7. The van der Waals surface area contributed by atoms with Gasteiger partial charge in [0.15, 0.2) is 0 Å². The predicted molar refractivity (Wildman–Crippen MR) is 148 cm³/mol. The fraction of sp³-hybridized carbons (Fsp3) is 0.250. The van der Waals surface area contributed by atoms with Crippen molar-refractivity contribution in [3.05, 3.63) is 71.8 Å². The summed E-state index contributed by atoms with van der Waals surface area (Å²) >= 11 is 0. The first-order chi connectivity index (χ1) is 18.0. The third-order valence-electron chi connectivity index (χ3n) is 6.19. The third kappa shape index (κ3) is 5.46. The van der Waals surface area contributed by atoms with Crippen molar-refractivity contribution in [2.75, 3.05) is 36.1 Å². The van der Waals surface area contributed by atoms with Gasteiger partial charge >= 0.3 is 5.97 Å². The lowest BCUT2D eigenvalue weighted by Crippen LogP contribution is -2.32. The zero-order chi connectivity index (χ0) is 27.6. The van der Waals surface area contributed by atoms with Crippen molar-refractivity contribution in [3.63, 3.8) is 0 Å². The van der Waals surface area contributed by atoms with E-state index in [0.29, 0.717) is 11.5 Å². The molecule has 38 heavy (non-hydrogen) atoms. The molecule has 0 saturated heterocycles. The van der Waals surface area contributed by atoms with Gasteiger partial charge in [-0.15, -0.1) is 0 Å². The Balaban J connectivity index is 1.74. The van der Waals surface area contributed by atoms with Gasteiger partial charge in [0.1, 0.15) is 22.7 Å². The van der Waals surface area contributed by atoms with Crippen molar-refractivity contribution >= 4 is 44.0 Å². The molecule has 1 aromatic heterocycles. The van der Waals surface area contributed by atoms with Crippen LogP contribution >= 0.6 is 0 Å². The van der Waals surface area contributed by atoms with Crippen LogP contribution in [0, 0.1) is 0 Å². The number of carbonyl (C=O) groups is 1. The van der Waals surface area contributed by atoms with Crippen LogP contribution in [0.15, 0.2) is 65.1 Å². The number of anilines is 3. The van der Waals surface area contributed by atoms with Crippen LogP contribution in [0.4, 0.5) is 17.1 Å². The molecular weight excluding hydrogens is 508 g/mol. The van der Waals surface area contributed by atoms with E-state index < -0.39 is 22.6 Å². The van der Waals surface area contributed by atoms with E-state index in [1.54, 1.807) is 12.1 Å². The average Bonchev–Trinajstić information content (AvgIpc) is 3.25. The molecule has 0 saturated carbocycles. The van der Waals surface area contributed by atoms with Crippen LogP contribution < -0.4 is 14.4 Å². The van der Waals surface area contributed by atoms with Crippen LogP contribution in [0.1, 0.15) is 35.7 Å². The number of sulfonamides is 1. The second-order valence-electron chi connectivity index (χ2n) is 9.17. The van der Waals surface area contributed by atoms with Gasteiger partial charge in [0.25, 0.3) is 0 Å². The number of nitrogens with zero attached hydrogens (tertiary/aromatic N) is 1. The van der Waals surface area contributed by atoms with Gasteiger partial charge in [-0.3, -0.25) is 4.31 Å². The normalized spacial score (nSPS) is 11.6. The van der Waals surface area contributed by atoms with E-state index in [9.17, 15) is 23.4 Å². The summed E-state index contributed by atoms with van der Waals surface area (Å²) in [7, 11) is -2.41. The highest BCUT2D eigenvalue weighted by atomic mass is 32.2. The van der Waals surface area contributed by atoms with Crippen LogP contribution in [0.3, 0.4) is 0 Å². The predicted octanol–water partition coefficient (Wildman–Crippen LogP) is 5.43. The summed E-state index contributed by atoms with van der Waals surface area (Å²) in [4.78, 5) is 12.3. The van der Waals surface area contributed by atoms with Crippen molar-refractivity contribution in [1.82, 2.24) is 0 Å². The number of aliphatic hydroxyl groups is 1. The molecule has 0 fully saturated rings. The Kier molecular flexibility index (Phi) is 7.66. The van der Waals surface area contributed by atoms with E-state index in [4.69, 9.17) is 9.15 Å². The summed E-state index contributed by atoms with van der Waals surface area (Å²) in [6.45, 7) is 3.66. The zero-order valence-electron chi connectivity index (χ0n) is 21.6. The number of rotatable bonds is 10. The van der Waals surface area contributed by atoms with Crippen molar-refractivity contribution in [2.45, 2.75) is 19.8 Å². The zero-order valence-corrected chi connectivity index (χ0v) is 22.4. The molecule has 0 spiro atoms. The Morgan fingerprint density at radius 1 is 1.05 bits per heavy atom. The van der Waals surface area contributed by atoms with E-state index in [0.717, 1.165) is 21.9 Å². The van der Waals surface area contributed by atoms with Gasteiger partial charge in [-0.1, -0.05) is 26.0 Å². The molecule has 0 bridgehead atoms. The number of benzene rings is 3. The van der Waals surface area contributed by atoms with E-state index in [2.05, 4.69) is 31.3 Å². The fourth-order valence-corrected chi connectivity index (χ4v) is 5.18. The summed E-state index contributed by atoms with van der Waals surface area (Å²) in [5.41, 5.74) is 3.76. The lowest BCUT2D eigenvalue weighted by atomic mass is 10.0. The number of carboxylic acids is 1. The summed E-state index contributed by atoms with van der Waals surface area (Å²) in [5, 5.41) is 23.0. The molecule has 0 aliphatic heterocycles. The average molecular weight is 539 g/mol. The molecule has 200 valence electrons.